The lowest BCUT2D eigenvalue weighted by atomic mass is 10.2. The third kappa shape index (κ3) is 4.71. The fraction of sp³-hybridized carbons (Fsp3) is 0.500. The third-order valence-corrected chi connectivity index (χ3v) is 2.73. The van der Waals surface area contributed by atoms with Gasteiger partial charge in [-0.2, -0.15) is 0 Å². The summed E-state index contributed by atoms with van der Waals surface area (Å²) in [5.74, 6) is -0.172. The first-order chi connectivity index (χ1) is 8.00. The van der Waals surface area contributed by atoms with Crippen molar-refractivity contribution >= 4 is 17.5 Å². The van der Waals surface area contributed by atoms with Gasteiger partial charge in [0.1, 0.15) is 0 Å². The molecule has 0 saturated heterocycles. The molecular formula is C12H18ClN3O. The minimum Gasteiger partial charge on any atom is -0.349 e. The average molecular weight is 256 g/mol. The second kappa shape index (κ2) is 6.57. The first kappa shape index (κ1) is 13.9. The molecule has 0 radical (unpaired) electrons. The molecule has 0 bridgehead atoms. The van der Waals surface area contributed by atoms with Gasteiger partial charge in [0, 0.05) is 18.4 Å². The first-order valence-corrected chi connectivity index (χ1v) is 5.93. The summed E-state index contributed by atoms with van der Waals surface area (Å²) in [5, 5.41) is 3.33. The summed E-state index contributed by atoms with van der Waals surface area (Å²) in [4.78, 5) is 17.8. The number of rotatable bonds is 5. The predicted molar refractivity (Wildman–Crippen MR) is 69.3 cm³/mol. The molecule has 0 aliphatic heterocycles. The van der Waals surface area contributed by atoms with Crippen LogP contribution in [0.5, 0.6) is 0 Å². The Labute approximate surface area is 107 Å². The molecule has 1 aromatic rings. The van der Waals surface area contributed by atoms with E-state index in [1.54, 1.807) is 12.3 Å². The molecular weight excluding hydrogens is 238 g/mol. The van der Waals surface area contributed by atoms with Crippen LogP contribution >= 0.6 is 11.6 Å². The van der Waals surface area contributed by atoms with Gasteiger partial charge >= 0.3 is 0 Å². The maximum absolute atomic E-state index is 11.9. The van der Waals surface area contributed by atoms with Gasteiger partial charge in [0.15, 0.2) is 0 Å². The first-order valence-electron chi connectivity index (χ1n) is 5.56. The molecule has 0 aromatic carbocycles. The molecule has 1 amide bonds. The zero-order valence-electron chi connectivity index (χ0n) is 10.4. The number of halogens is 1. The molecule has 4 nitrogen and oxygen atoms in total. The molecule has 94 valence electrons. The van der Waals surface area contributed by atoms with Crippen molar-refractivity contribution in [1.29, 1.82) is 0 Å². The van der Waals surface area contributed by atoms with E-state index in [0.717, 1.165) is 13.0 Å². The molecule has 17 heavy (non-hydrogen) atoms. The van der Waals surface area contributed by atoms with Gasteiger partial charge in [0.25, 0.3) is 5.91 Å². The highest BCUT2D eigenvalue weighted by atomic mass is 35.5. The van der Waals surface area contributed by atoms with E-state index in [4.69, 9.17) is 11.6 Å². The van der Waals surface area contributed by atoms with E-state index in [1.807, 2.05) is 21.0 Å². The Hall–Kier alpha value is -1.13. The highest BCUT2D eigenvalue weighted by Crippen LogP contribution is 2.13. The molecule has 1 rings (SSSR count). The lowest BCUT2D eigenvalue weighted by molar-refractivity contribution is 0.0936. The summed E-state index contributed by atoms with van der Waals surface area (Å²) in [6.45, 7) is 2.91. The van der Waals surface area contributed by atoms with Crippen molar-refractivity contribution in [1.82, 2.24) is 15.2 Å². The summed E-state index contributed by atoms with van der Waals surface area (Å²) in [7, 11) is 4.01. The van der Waals surface area contributed by atoms with Gasteiger partial charge in [-0.05, 0) is 40.1 Å². The normalized spacial score (nSPS) is 12.5. The molecule has 0 spiro atoms. The molecule has 1 aromatic heterocycles. The minimum atomic E-state index is -0.172. The van der Waals surface area contributed by atoms with Gasteiger partial charge in [-0.3, -0.25) is 9.78 Å². The van der Waals surface area contributed by atoms with Crippen molar-refractivity contribution in [2.24, 2.45) is 0 Å². The molecule has 0 fully saturated rings. The highest BCUT2D eigenvalue weighted by molar-refractivity contribution is 6.33. The lowest BCUT2D eigenvalue weighted by Gasteiger charge is -2.16. The smallest absolute Gasteiger partial charge is 0.254 e. The molecule has 0 saturated carbocycles. The Balaban J connectivity index is 2.52. The van der Waals surface area contributed by atoms with E-state index in [-0.39, 0.29) is 11.9 Å². The summed E-state index contributed by atoms with van der Waals surface area (Å²) >= 11 is 5.92. The van der Waals surface area contributed by atoms with E-state index in [0.29, 0.717) is 10.6 Å². The number of amides is 1. The largest absolute Gasteiger partial charge is 0.349 e. The van der Waals surface area contributed by atoms with Crippen LogP contribution in [0.25, 0.3) is 0 Å². The predicted octanol–water partition coefficient (Wildman–Crippen LogP) is 1.80. The number of nitrogens with zero attached hydrogens (tertiary/aromatic N) is 2. The topological polar surface area (TPSA) is 45.2 Å². The van der Waals surface area contributed by atoms with E-state index >= 15 is 0 Å². The van der Waals surface area contributed by atoms with Crippen LogP contribution in [-0.4, -0.2) is 42.5 Å². The Morgan fingerprint density at radius 2 is 2.29 bits per heavy atom. The van der Waals surface area contributed by atoms with Crippen molar-refractivity contribution in [3.05, 3.63) is 29.0 Å². The average Bonchev–Trinajstić information content (AvgIpc) is 2.26. The zero-order chi connectivity index (χ0) is 12.8. The van der Waals surface area contributed by atoms with E-state index in [2.05, 4.69) is 15.2 Å². The summed E-state index contributed by atoms with van der Waals surface area (Å²) in [5.41, 5.74) is 0.422. The Morgan fingerprint density at radius 1 is 1.59 bits per heavy atom. The van der Waals surface area contributed by atoms with Gasteiger partial charge in [0.2, 0.25) is 0 Å². The number of hydrogen-bond acceptors (Lipinski definition) is 3. The molecule has 5 heteroatoms. The summed E-state index contributed by atoms with van der Waals surface area (Å²) < 4.78 is 0. The molecule has 1 unspecified atom stereocenters. The maximum atomic E-state index is 11.9. The minimum absolute atomic E-state index is 0.112. The van der Waals surface area contributed by atoms with Gasteiger partial charge in [0.05, 0.1) is 10.6 Å². The molecule has 1 heterocycles. The number of carbonyl (C=O) groups is 1. The van der Waals surface area contributed by atoms with Crippen LogP contribution in [0, 0.1) is 0 Å². The van der Waals surface area contributed by atoms with Crippen molar-refractivity contribution in [3.63, 3.8) is 0 Å². The van der Waals surface area contributed by atoms with Crippen molar-refractivity contribution in [2.45, 2.75) is 19.4 Å². The monoisotopic (exact) mass is 255 g/mol. The van der Waals surface area contributed by atoms with Crippen LogP contribution in [0.2, 0.25) is 5.02 Å². The Morgan fingerprint density at radius 3 is 2.88 bits per heavy atom. The molecule has 0 aliphatic carbocycles. The lowest BCUT2D eigenvalue weighted by Crippen LogP contribution is -2.35. The standard InChI is InChI=1S/C12H18ClN3O/c1-9(5-7-16(2)3)15-12(17)10-8-14-6-4-11(10)13/h4,6,8-9H,5,7H2,1-3H3,(H,15,17). The summed E-state index contributed by atoms with van der Waals surface area (Å²) in [6, 6.07) is 1.72. The zero-order valence-corrected chi connectivity index (χ0v) is 11.2. The van der Waals surface area contributed by atoms with Crippen molar-refractivity contribution in [3.8, 4) is 0 Å². The number of aromatic nitrogens is 1. The van der Waals surface area contributed by atoms with Crippen molar-refractivity contribution in [2.75, 3.05) is 20.6 Å². The van der Waals surface area contributed by atoms with Crippen LogP contribution in [0.1, 0.15) is 23.7 Å². The molecule has 1 N–H and O–H groups in total. The van der Waals surface area contributed by atoms with Gasteiger partial charge < -0.3 is 10.2 Å². The molecule has 1 atom stereocenters. The number of pyridine rings is 1. The Bertz CT molecular complexity index is 382. The maximum Gasteiger partial charge on any atom is 0.254 e. The quantitative estimate of drug-likeness (QED) is 0.873. The van der Waals surface area contributed by atoms with E-state index in [9.17, 15) is 4.79 Å². The second-order valence-corrected chi connectivity index (χ2v) is 4.73. The van der Waals surface area contributed by atoms with Crippen LogP contribution < -0.4 is 5.32 Å². The summed E-state index contributed by atoms with van der Waals surface area (Å²) in [6.07, 6.45) is 3.95. The van der Waals surface area contributed by atoms with Crippen LogP contribution in [0.4, 0.5) is 0 Å². The number of hydrogen-bond donors (Lipinski definition) is 1. The Kier molecular flexibility index (Phi) is 5.38. The number of carbonyl (C=O) groups excluding carboxylic acids is 1. The SMILES string of the molecule is CC(CCN(C)C)NC(=O)c1cnccc1Cl. The van der Waals surface area contributed by atoms with Crippen LogP contribution in [0.15, 0.2) is 18.5 Å². The highest BCUT2D eigenvalue weighted by Gasteiger charge is 2.12. The second-order valence-electron chi connectivity index (χ2n) is 4.32. The van der Waals surface area contributed by atoms with Gasteiger partial charge in [-0.25, -0.2) is 0 Å². The van der Waals surface area contributed by atoms with E-state index in [1.165, 1.54) is 6.20 Å². The van der Waals surface area contributed by atoms with Gasteiger partial charge in [-0.1, -0.05) is 11.6 Å². The molecule has 0 aliphatic rings. The van der Waals surface area contributed by atoms with E-state index < -0.39 is 0 Å². The van der Waals surface area contributed by atoms with Crippen LogP contribution in [0.3, 0.4) is 0 Å². The fourth-order valence-electron chi connectivity index (χ4n) is 1.37. The third-order valence-electron chi connectivity index (χ3n) is 2.40. The van der Waals surface area contributed by atoms with Crippen molar-refractivity contribution < 1.29 is 4.79 Å². The number of nitrogens with one attached hydrogen (secondary N) is 1. The van der Waals surface area contributed by atoms with Gasteiger partial charge in [-0.15, -0.1) is 0 Å². The fourth-order valence-corrected chi connectivity index (χ4v) is 1.56. The van der Waals surface area contributed by atoms with Crippen LogP contribution in [-0.2, 0) is 0 Å².